The summed E-state index contributed by atoms with van der Waals surface area (Å²) in [6.07, 6.45) is 3.01. The van der Waals surface area contributed by atoms with Crippen LogP contribution in [0.15, 0.2) is 27.2 Å². The summed E-state index contributed by atoms with van der Waals surface area (Å²) in [7, 11) is 0. The van der Waals surface area contributed by atoms with Crippen LogP contribution in [-0.2, 0) is 5.54 Å². The maximum atomic E-state index is 6.19. The number of rotatable bonds is 2. The lowest BCUT2D eigenvalue weighted by Crippen LogP contribution is -2.44. The third-order valence-electron chi connectivity index (χ3n) is 3.54. The van der Waals surface area contributed by atoms with Crippen LogP contribution in [0, 0.1) is 6.92 Å². The molecule has 4 nitrogen and oxygen atoms in total. The zero-order chi connectivity index (χ0) is 12.8. The molecule has 0 saturated heterocycles. The summed E-state index contributed by atoms with van der Waals surface area (Å²) in [5.74, 6) is 1.18. The number of benzene rings is 1. The van der Waals surface area contributed by atoms with E-state index in [2.05, 4.69) is 26.1 Å². The molecule has 5 heteroatoms. The molecule has 1 heterocycles. The van der Waals surface area contributed by atoms with Crippen LogP contribution in [0.1, 0.15) is 30.7 Å². The third-order valence-corrected chi connectivity index (χ3v) is 4.03. The summed E-state index contributed by atoms with van der Waals surface area (Å²) in [4.78, 5) is 4.45. The Kier molecular flexibility index (Phi) is 2.75. The molecule has 1 aromatic carbocycles. The van der Waals surface area contributed by atoms with E-state index in [1.54, 1.807) is 0 Å². The summed E-state index contributed by atoms with van der Waals surface area (Å²) < 4.78 is 6.38. The molecule has 1 saturated carbocycles. The highest BCUT2D eigenvalue weighted by molar-refractivity contribution is 9.10. The van der Waals surface area contributed by atoms with Crippen LogP contribution in [0.25, 0.3) is 11.5 Å². The monoisotopic (exact) mass is 307 g/mol. The van der Waals surface area contributed by atoms with Crippen molar-refractivity contribution in [2.45, 2.75) is 31.7 Å². The lowest BCUT2D eigenvalue weighted by Gasteiger charge is -2.34. The van der Waals surface area contributed by atoms with Crippen molar-refractivity contribution < 1.29 is 4.52 Å². The fourth-order valence-corrected chi connectivity index (χ4v) is 2.66. The molecular formula is C13H14BrN3O. The highest BCUT2D eigenvalue weighted by Crippen LogP contribution is 2.38. The molecule has 0 spiro atoms. The number of hydrogen-bond acceptors (Lipinski definition) is 4. The Morgan fingerprint density at radius 2 is 2.17 bits per heavy atom. The predicted molar refractivity (Wildman–Crippen MR) is 71.9 cm³/mol. The first-order valence-corrected chi connectivity index (χ1v) is 6.77. The van der Waals surface area contributed by atoms with Gasteiger partial charge in [-0.1, -0.05) is 21.1 Å². The fourth-order valence-electron chi connectivity index (χ4n) is 2.18. The normalized spacial score (nSPS) is 17.5. The molecule has 0 amide bonds. The summed E-state index contributed by atoms with van der Waals surface area (Å²) >= 11 is 3.44. The maximum Gasteiger partial charge on any atom is 0.258 e. The molecular weight excluding hydrogens is 294 g/mol. The summed E-state index contributed by atoms with van der Waals surface area (Å²) in [5, 5.41) is 4.03. The second-order valence-electron chi connectivity index (χ2n) is 4.89. The van der Waals surface area contributed by atoms with Gasteiger partial charge in [0.15, 0.2) is 5.82 Å². The molecule has 1 aliphatic carbocycles. The van der Waals surface area contributed by atoms with Gasteiger partial charge in [-0.05, 0) is 49.9 Å². The van der Waals surface area contributed by atoms with Crippen molar-refractivity contribution in [3.63, 3.8) is 0 Å². The first-order valence-electron chi connectivity index (χ1n) is 5.98. The van der Waals surface area contributed by atoms with E-state index >= 15 is 0 Å². The van der Waals surface area contributed by atoms with Crippen LogP contribution >= 0.6 is 15.9 Å². The predicted octanol–water partition coefficient (Wildman–Crippen LogP) is 3.15. The molecule has 2 N–H and O–H groups in total. The summed E-state index contributed by atoms with van der Waals surface area (Å²) in [6, 6.07) is 5.97. The molecule has 3 rings (SSSR count). The van der Waals surface area contributed by atoms with E-state index in [0.717, 1.165) is 34.9 Å². The molecule has 1 aliphatic rings. The van der Waals surface area contributed by atoms with Crippen molar-refractivity contribution in [3.05, 3.63) is 34.1 Å². The number of halogens is 1. The van der Waals surface area contributed by atoms with E-state index in [4.69, 9.17) is 10.3 Å². The van der Waals surface area contributed by atoms with Gasteiger partial charge in [-0.15, -0.1) is 0 Å². The number of nitrogens with zero attached hydrogens (tertiary/aromatic N) is 2. The lowest BCUT2D eigenvalue weighted by atomic mass is 9.77. The Hall–Kier alpha value is -1.20. The van der Waals surface area contributed by atoms with Crippen LogP contribution in [0.5, 0.6) is 0 Å². The molecule has 0 bridgehead atoms. The Balaban J connectivity index is 1.97. The molecule has 0 radical (unpaired) electrons. The molecule has 18 heavy (non-hydrogen) atoms. The van der Waals surface area contributed by atoms with Gasteiger partial charge in [-0.2, -0.15) is 4.98 Å². The molecule has 0 atom stereocenters. The molecule has 1 fully saturated rings. The first kappa shape index (κ1) is 11.9. The SMILES string of the molecule is Cc1cc(Br)ccc1-c1nc(C2(N)CCC2)no1. The minimum atomic E-state index is -0.370. The largest absolute Gasteiger partial charge is 0.334 e. The zero-order valence-electron chi connectivity index (χ0n) is 10.1. The van der Waals surface area contributed by atoms with Gasteiger partial charge in [-0.3, -0.25) is 0 Å². The van der Waals surface area contributed by atoms with Crippen molar-refractivity contribution in [1.82, 2.24) is 10.1 Å². The minimum absolute atomic E-state index is 0.370. The number of aromatic nitrogens is 2. The van der Waals surface area contributed by atoms with E-state index < -0.39 is 0 Å². The van der Waals surface area contributed by atoms with Crippen molar-refractivity contribution in [3.8, 4) is 11.5 Å². The molecule has 94 valence electrons. The molecule has 0 unspecified atom stereocenters. The van der Waals surface area contributed by atoms with Gasteiger partial charge in [0.1, 0.15) is 0 Å². The van der Waals surface area contributed by atoms with Crippen molar-refractivity contribution in [1.29, 1.82) is 0 Å². The van der Waals surface area contributed by atoms with Crippen molar-refractivity contribution >= 4 is 15.9 Å². The number of aryl methyl sites for hydroxylation is 1. The van der Waals surface area contributed by atoms with E-state index in [0.29, 0.717) is 11.7 Å². The third kappa shape index (κ3) is 1.87. The smallest absolute Gasteiger partial charge is 0.258 e. The van der Waals surface area contributed by atoms with Crippen molar-refractivity contribution in [2.24, 2.45) is 5.73 Å². The number of nitrogens with two attached hydrogens (primary N) is 1. The van der Waals surface area contributed by atoms with Gasteiger partial charge < -0.3 is 10.3 Å². The summed E-state index contributed by atoms with van der Waals surface area (Å²) in [5.41, 5.74) is 7.87. The van der Waals surface area contributed by atoms with Gasteiger partial charge in [0, 0.05) is 10.0 Å². The van der Waals surface area contributed by atoms with Gasteiger partial charge in [0.05, 0.1) is 5.54 Å². The van der Waals surface area contributed by atoms with Gasteiger partial charge in [0.25, 0.3) is 5.89 Å². The summed E-state index contributed by atoms with van der Waals surface area (Å²) in [6.45, 7) is 2.02. The molecule has 2 aromatic rings. The standard InChI is InChI=1S/C13H14BrN3O/c1-8-7-9(14)3-4-10(8)11-16-12(17-18-11)13(15)5-2-6-13/h3-4,7H,2,5-6,15H2,1H3. The Morgan fingerprint density at radius 3 is 2.78 bits per heavy atom. The van der Waals surface area contributed by atoms with E-state index in [-0.39, 0.29) is 5.54 Å². The second kappa shape index (κ2) is 4.17. The number of hydrogen-bond donors (Lipinski definition) is 1. The van der Waals surface area contributed by atoms with Crippen LogP contribution in [0.4, 0.5) is 0 Å². The Morgan fingerprint density at radius 1 is 1.39 bits per heavy atom. The zero-order valence-corrected chi connectivity index (χ0v) is 11.7. The maximum absolute atomic E-state index is 6.19. The second-order valence-corrected chi connectivity index (χ2v) is 5.81. The topological polar surface area (TPSA) is 64.9 Å². The van der Waals surface area contributed by atoms with Gasteiger partial charge in [0.2, 0.25) is 0 Å². The highest BCUT2D eigenvalue weighted by Gasteiger charge is 2.39. The Bertz CT molecular complexity index is 590. The first-order chi connectivity index (χ1) is 8.58. The van der Waals surface area contributed by atoms with Crippen molar-refractivity contribution in [2.75, 3.05) is 0 Å². The lowest BCUT2D eigenvalue weighted by molar-refractivity contribution is 0.229. The molecule has 0 aliphatic heterocycles. The van der Waals surface area contributed by atoms with E-state index in [1.165, 1.54) is 0 Å². The van der Waals surface area contributed by atoms with E-state index in [1.807, 2.05) is 25.1 Å². The minimum Gasteiger partial charge on any atom is -0.334 e. The van der Waals surface area contributed by atoms with Crippen LogP contribution in [0.3, 0.4) is 0 Å². The average Bonchev–Trinajstić information content (AvgIpc) is 2.75. The quantitative estimate of drug-likeness (QED) is 0.925. The van der Waals surface area contributed by atoms with Crippen LogP contribution < -0.4 is 5.73 Å². The Labute approximate surface area is 114 Å². The van der Waals surface area contributed by atoms with Crippen LogP contribution in [0.2, 0.25) is 0 Å². The average molecular weight is 308 g/mol. The fraction of sp³-hybridized carbons (Fsp3) is 0.385. The highest BCUT2D eigenvalue weighted by atomic mass is 79.9. The van der Waals surface area contributed by atoms with Gasteiger partial charge >= 0.3 is 0 Å². The van der Waals surface area contributed by atoms with Gasteiger partial charge in [-0.25, -0.2) is 0 Å². The molecule has 1 aromatic heterocycles. The van der Waals surface area contributed by atoms with E-state index in [9.17, 15) is 0 Å². The van der Waals surface area contributed by atoms with Crippen LogP contribution in [-0.4, -0.2) is 10.1 Å².